The predicted octanol–water partition coefficient (Wildman–Crippen LogP) is 3.24. The molecule has 1 unspecified atom stereocenters. The van der Waals surface area contributed by atoms with Crippen molar-refractivity contribution in [3.8, 4) is 0 Å². The molecular formula is C20H28BNO3. The Morgan fingerprint density at radius 2 is 2.00 bits per heavy atom. The molecule has 3 aliphatic carbocycles. The van der Waals surface area contributed by atoms with E-state index in [9.17, 15) is 4.79 Å². The van der Waals surface area contributed by atoms with Crippen LogP contribution in [0, 0.1) is 17.3 Å². The number of benzene rings is 1. The summed E-state index contributed by atoms with van der Waals surface area (Å²) in [6, 6.07) is 9.38. The summed E-state index contributed by atoms with van der Waals surface area (Å²) >= 11 is 0. The van der Waals surface area contributed by atoms with Gasteiger partial charge in [-0.15, -0.1) is 0 Å². The Morgan fingerprint density at radius 1 is 1.28 bits per heavy atom. The molecule has 1 aromatic rings. The highest BCUT2D eigenvalue weighted by molar-refractivity contribution is 6.47. The van der Waals surface area contributed by atoms with Crippen molar-refractivity contribution in [2.24, 2.45) is 23.0 Å². The molecule has 3 saturated carbocycles. The minimum atomic E-state index is -0.395. The zero-order valence-electron chi connectivity index (χ0n) is 15.4. The van der Waals surface area contributed by atoms with Gasteiger partial charge < -0.3 is 15.0 Å². The van der Waals surface area contributed by atoms with Crippen LogP contribution in [0.4, 0.5) is 0 Å². The van der Waals surface area contributed by atoms with Crippen LogP contribution in [0.15, 0.2) is 30.3 Å². The standard InChI is InChI=1S/C20H28BNO3/c1-19(2)14-11-16(19)20(3)17(12-14)24-21(25-20)18(22)10-9-15(23)13-7-5-4-6-8-13/h4-8,14,16-18H,9-12,22H2,1-3H3/t14-,16-,17+,18?,20-/m0/s1. The number of ketones is 1. The zero-order valence-corrected chi connectivity index (χ0v) is 15.4. The van der Waals surface area contributed by atoms with E-state index >= 15 is 0 Å². The van der Waals surface area contributed by atoms with E-state index in [0.717, 1.165) is 17.9 Å². The molecule has 5 atom stereocenters. The maximum absolute atomic E-state index is 12.3. The second-order valence-corrected chi connectivity index (χ2v) is 8.83. The first-order valence-corrected chi connectivity index (χ1v) is 9.49. The van der Waals surface area contributed by atoms with Crippen LogP contribution in [0.5, 0.6) is 0 Å². The van der Waals surface area contributed by atoms with E-state index in [1.807, 2.05) is 30.3 Å². The van der Waals surface area contributed by atoms with Gasteiger partial charge in [-0.05, 0) is 43.4 Å². The fraction of sp³-hybridized carbons (Fsp3) is 0.650. The first kappa shape index (κ1) is 17.3. The summed E-state index contributed by atoms with van der Waals surface area (Å²) in [5.41, 5.74) is 7.18. The third-order valence-electron chi connectivity index (χ3n) is 7.12. The minimum Gasteiger partial charge on any atom is -0.404 e. The number of carbonyl (C=O) groups excluding carboxylic acids is 1. The Kier molecular flexibility index (Phi) is 4.10. The monoisotopic (exact) mass is 341 g/mol. The van der Waals surface area contributed by atoms with Crippen molar-refractivity contribution < 1.29 is 14.1 Å². The molecule has 2 N–H and O–H groups in total. The molecule has 4 nitrogen and oxygen atoms in total. The molecule has 0 radical (unpaired) electrons. The average molecular weight is 341 g/mol. The molecule has 25 heavy (non-hydrogen) atoms. The Hall–Kier alpha value is -1.17. The molecule has 4 aliphatic rings. The van der Waals surface area contributed by atoms with Crippen LogP contribution in [0.2, 0.25) is 0 Å². The Morgan fingerprint density at radius 3 is 2.68 bits per heavy atom. The molecule has 1 saturated heterocycles. The van der Waals surface area contributed by atoms with Gasteiger partial charge in [0.05, 0.1) is 11.7 Å². The maximum Gasteiger partial charge on any atom is 0.475 e. The SMILES string of the molecule is CC1(C)[C@@H]2C[C@H]3OB(C(N)CCC(=O)c4ccccc4)O[C@@]3(C)[C@H]1C2. The summed E-state index contributed by atoms with van der Waals surface area (Å²) in [7, 11) is -0.395. The molecule has 2 bridgehead atoms. The van der Waals surface area contributed by atoms with Gasteiger partial charge in [0.25, 0.3) is 0 Å². The largest absolute Gasteiger partial charge is 0.475 e. The molecule has 1 heterocycles. The highest BCUT2D eigenvalue weighted by Crippen LogP contribution is 2.65. The van der Waals surface area contributed by atoms with Gasteiger partial charge in [-0.3, -0.25) is 4.79 Å². The second kappa shape index (κ2) is 5.93. The van der Waals surface area contributed by atoms with Gasteiger partial charge in [0.15, 0.2) is 5.78 Å². The number of hydrogen-bond donors (Lipinski definition) is 1. The fourth-order valence-corrected chi connectivity index (χ4v) is 5.28. The zero-order chi connectivity index (χ0) is 17.8. The van der Waals surface area contributed by atoms with Crippen molar-refractivity contribution in [3.05, 3.63) is 35.9 Å². The summed E-state index contributed by atoms with van der Waals surface area (Å²) in [5.74, 6) is 1.12. The van der Waals surface area contributed by atoms with Gasteiger partial charge in [0.2, 0.25) is 0 Å². The summed E-state index contributed by atoms with van der Waals surface area (Å²) in [6.45, 7) is 6.90. The van der Waals surface area contributed by atoms with Gasteiger partial charge in [-0.25, -0.2) is 0 Å². The first-order chi connectivity index (χ1) is 11.8. The number of carbonyl (C=O) groups is 1. The molecule has 0 aromatic heterocycles. The van der Waals surface area contributed by atoms with E-state index in [-0.39, 0.29) is 23.4 Å². The molecular weight excluding hydrogens is 313 g/mol. The summed E-state index contributed by atoms with van der Waals surface area (Å²) in [6.07, 6.45) is 3.45. The maximum atomic E-state index is 12.3. The number of hydrogen-bond acceptors (Lipinski definition) is 4. The van der Waals surface area contributed by atoms with Crippen molar-refractivity contribution in [3.63, 3.8) is 0 Å². The van der Waals surface area contributed by atoms with Crippen LogP contribution < -0.4 is 5.73 Å². The lowest BCUT2D eigenvalue weighted by atomic mass is 9.43. The Labute approximate surface area is 150 Å². The molecule has 4 fully saturated rings. The summed E-state index contributed by atoms with van der Waals surface area (Å²) in [5, 5.41) is 0. The van der Waals surface area contributed by atoms with Crippen LogP contribution >= 0.6 is 0 Å². The highest BCUT2D eigenvalue weighted by Gasteiger charge is 2.68. The molecule has 5 heteroatoms. The lowest BCUT2D eigenvalue weighted by molar-refractivity contribution is -0.199. The number of rotatable bonds is 5. The topological polar surface area (TPSA) is 61.5 Å². The molecule has 1 aromatic carbocycles. The number of nitrogens with two attached hydrogens (primary N) is 1. The van der Waals surface area contributed by atoms with Crippen molar-refractivity contribution in [2.75, 3.05) is 0 Å². The van der Waals surface area contributed by atoms with Gasteiger partial charge in [-0.2, -0.15) is 0 Å². The van der Waals surface area contributed by atoms with Gasteiger partial charge in [-0.1, -0.05) is 44.2 Å². The fourth-order valence-electron chi connectivity index (χ4n) is 5.28. The average Bonchev–Trinajstić information content (AvgIpc) is 2.97. The highest BCUT2D eigenvalue weighted by atomic mass is 16.7. The Bertz CT molecular complexity index is 664. The van der Waals surface area contributed by atoms with E-state index in [0.29, 0.717) is 24.2 Å². The van der Waals surface area contributed by atoms with Gasteiger partial charge >= 0.3 is 7.12 Å². The molecule has 134 valence electrons. The van der Waals surface area contributed by atoms with Crippen molar-refractivity contribution in [2.45, 2.75) is 64.1 Å². The van der Waals surface area contributed by atoms with Crippen molar-refractivity contribution in [1.82, 2.24) is 0 Å². The quantitative estimate of drug-likeness (QED) is 0.660. The normalized spacial score (nSPS) is 36.5. The van der Waals surface area contributed by atoms with Crippen molar-refractivity contribution in [1.29, 1.82) is 0 Å². The van der Waals surface area contributed by atoms with Gasteiger partial charge in [0.1, 0.15) is 0 Å². The van der Waals surface area contributed by atoms with Crippen LogP contribution in [-0.2, 0) is 9.31 Å². The van der Waals surface area contributed by atoms with Crippen LogP contribution in [-0.4, -0.2) is 30.5 Å². The lowest BCUT2D eigenvalue weighted by Gasteiger charge is -2.64. The van der Waals surface area contributed by atoms with E-state index in [4.69, 9.17) is 15.0 Å². The van der Waals surface area contributed by atoms with Crippen LogP contribution in [0.25, 0.3) is 0 Å². The molecule has 1 aliphatic heterocycles. The minimum absolute atomic E-state index is 0.126. The van der Waals surface area contributed by atoms with E-state index in [1.54, 1.807) is 0 Å². The Balaban J connectivity index is 1.37. The summed E-state index contributed by atoms with van der Waals surface area (Å²) < 4.78 is 12.6. The third-order valence-corrected chi connectivity index (χ3v) is 7.12. The molecule has 5 rings (SSSR count). The van der Waals surface area contributed by atoms with E-state index in [2.05, 4.69) is 20.8 Å². The van der Waals surface area contributed by atoms with E-state index < -0.39 is 7.12 Å². The van der Waals surface area contributed by atoms with Crippen LogP contribution in [0.3, 0.4) is 0 Å². The molecule has 0 amide bonds. The second-order valence-electron chi connectivity index (χ2n) is 8.83. The first-order valence-electron chi connectivity index (χ1n) is 9.49. The molecule has 0 spiro atoms. The van der Waals surface area contributed by atoms with E-state index in [1.165, 1.54) is 6.42 Å². The lowest BCUT2D eigenvalue weighted by Crippen LogP contribution is -2.65. The summed E-state index contributed by atoms with van der Waals surface area (Å²) in [4.78, 5) is 12.3. The third kappa shape index (κ3) is 2.68. The van der Waals surface area contributed by atoms with Crippen molar-refractivity contribution >= 4 is 12.9 Å². The van der Waals surface area contributed by atoms with Crippen LogP contribution in [0.1, 0.15) is 56.8 Å². The van der Waals surface area contributed by atoms with Gasteiger partial charge in [0, 0.05) is 17.9 Å². The smallest absolute Gasteiger partial charge is 0.404 e. The predicted molar refractivity (Wildman–Crippen MR) is 98.1 cm³/mol. The number of Topliss-reactive ketones (excluding diaryl/α,β-unsaturated/α-hetero) is 1.